The number of carbonyl (C=O) groups is 2. The van der Waals surface area contributed by atoms with Gasteiger partial charge in [-0.2, -0.15) is 0 Å². The maximum atomic E-state index is 10.9. The zero-order chi connectivity index (χ0) is 22.2. The average molecular weight is 405 g/mol. The minimum Gasteiger partial charge on any atom is -0.478 e. The van der Waals surface area contributed by atoms with Crippen molar-refractivity contribution in [3.05, 3.63) is 24.3 Å². The van der Waals surface area contributed by atoms with Crippen LogP contribution in [0.1, 0.15) is 33.6 Å². The molecule has 0 radical (unpaired) electrons. The predicted molar refractivity (Wildman–Crippen MR) is 105 cm³/mol. The van der Waals surface area contributed by atoms with Crippen molar-refractivity contribution in [2.75, 3.05) is 39.6 Å². The number of carboxylic acid groups (broad SMARTS) is 1. The van der Waals surface area contributed by atoms with Crippen LogP contribution in [0.4, 0.5) is 0 Å². The molecule has 0 saturated carbocycles. The highest BCUT2D eigenvalue weighted by Gasteiger charge is 2.24. The van der Waals surface area contributed by atoms with Crippen LogP contribution in [0.5, 0.6) is 0 Å². The van der Waals surface area contributed by atoms with Gasteiger partial charge in [0.2, 0.25) is 0 Å². The van der Waals surface area contributed by atoms with E-state index in [1.165, 1.54) is 6.92 Å². The molecule has 1 fully saturated rings. The Balaban J connectivity index is 0. The second kappa shape index (κ2) is 16.2. The quantitative estimate of drug-likeness (QED) is 0.272. The van der Waals surface area contributed by atoms with Crippen molar-refractivity contribution in [2.24, 2.45) is 5.41 Å². The fourth-order valence-electron chi connectivity index (χ4n) is 1.53. The van der Waals surface area contributed by atoms with Gasteiger partial charge in [0.05, 0.1) is 33.0 Å². The van der Waals surface area contributed by atoms with Crippen molar-refractivity contribution in [1.29, 1.82) is 0 Å². The van der Waals surface area contributed by atoms with Crippen LogP contribution < -0.4 is 5.32 Å². The summed E-state index contributed by atoms with van der Waals surface area (Å²) in [6.45, 7) is 13.1. The topological polar surface area (TPSA) is 146 Å². The fraction of sp³-hybridized carbons (Fsp3) is 0.684. The number of aliphatic hydroxyl groups excluding tert-OH is 3. The van der Waals surface area contributed by atoms with Crippen LogP contribution in [0.2, 0.25) is 0 Å². The van der Waals surface area contributed by atoms with Gasteiger partial charge in [0, 0.05) is 29.5 Å². The Bertz CT molecular complexity index is 453. The molecule has 1 aliphatic rings. The van der Waals surface area contributed by atoms with Crippen LogP contribution in [0, 0.1) is 5.41 Å². The summed E-state index contributed by atoms with van der Waals surface area (Å²) in [6.07, 6.45) is 1.33. The molecule has 0 spiro atoms. The molecule has 28 heavy (non-hydrogen) atoms. The lowest BCUT2D eigenvalue weighted by Gasteiger charge is -2.24. The number of aliphatic carboxylic acids is 1. The van der Waals surface area contributed by atoms with Crippen molar-refractivity contribution >= 4 is 11.9 Å². The van der Waals surface area contributed by atoms with E-state index in [1.807, 2.05) is 6.92 Å². The molecule has 1 rings (SSSR count). The molecule has 0 aliphatic carbocycles. The molecule has 0 aromatic heterocycles. The molecular formula is C19H35NO8. The van der Waals surface area contributed by atoms with E-state index in [0.29, 0.717) is 25.0 Å². The molecule has 1 aliphatic heterocycles. The Morgan fingerprint density at radius 2 is 1.64 bits per heavy atom. The van der Waals surface area contributed by atoms with Crippen LogP contribution in [-0.2, 0) is 19.1 Å². The standard InChI is InChI=1S/C9H15NO3.C6H14O3.C4H6O2/c1-7(2)9(11)13-5-3-8-10-4-6-12-8;1-2-6(3-7,4-8)5-9;1-3(2)4(5)6/h8,10H,1,3-6H2,2H3;7-9H,2-5H2,1H3;1H2,2H3,(H,5,6). The van der Waals surface area contributed by atoms with Crippen LogP contribution in [0.3, 0.4) is 0 Å². The number of aliphatic hydroxyl groups is 3. The lowest BCUT2D eigenvalue weighted by atomic mass is 9.88. The first kappa shape index (κ1) is 28.4. The number of hydrogen-bond donors (Lipinski definition) is 5. The van der Waals surface area contributed by atoms with Gasteiger partial charge in [-0.3, -0.25) is 5.32 Å². The molecule has 5 N–H and O–H groups in total. The molecule has 1 atom stereocenters. The van der Waals surface area contributed by atoms with E-state index in [0.717, 1.165) is 13.2 Å². The Kier molecular flexibility index (Phi) is 16.4. The molecule has 1 saturated heterocycles. The summed E-state index contributed by atoms with van der Waals surface area (Å²) in [5.41, 5.74) is -0.0599. The van der Waals surface area contributed by atoms with Crippen molar-refractivity contribution in [3.8, 4) is 0 Å². The van der Waals surface area contributed by atoms with Gasteiger partial charge in [0.25, 0.3) is 0 Å². The highest BCUT2D eigenvalue weighted by atomic mass is 16.5. The molecule has 9 heteroatoms. The predicted octanol–water partition coefficient (Wildman–Crippen LogP) is 0.449. The third kappa shape index (κ3) is 13.4. The summed E-state index contributed by atoms with van der Waals surface area (Å²) < 4.78 is 10.2. The Morgan fingerprint density at radius 3 is 1.89 bits per heavy atom. The van der Waals surface area contributed by atoms with E-state index in [9.17, 15) is 9.59 Å². The third-order valence-corrected chi connectivity index (χ3v) is 3.88. The molecule has 1 unspecified atom stereocenters. The first-order chi connectivity index (χ1) is 13.1. The fourth-order valence-corrected chi connectivity index (χ4v) is 1.53. The molecule has 0 aromatic rings. The molecule has 1 heterocycles. The summed E-state index contributed by atoms with van der Waals surface area (Å²) in [5, 5.41) is 37.0. The normalized spacial score (nSPS) is 15.4. The Morgan fingerprint density at radius 1 is 1.14 bits per heavy atom. The van der Waals surface area contributed by atoms with E-state index in [-0.39, 0.29) is 37.6 Å². The number of ether oxygens (including phenoxy) is 2. The highest BCUT2D eigenvalue weighted by Crippen LogP contribution is 2.18. The summed E-state index contributed by atoms with van der Waals surface area (Å²) >= 11 is 0. The van der Waals surface area contributed by atoms with E-state index in [4.69, 9.17) is 29.9 Å². The van der Waals surface area contributed by atoms with E-state index < -0.39 is 11.4 Å². The minimum atomic E-state index is -0.935. The summed E-state index contributed by atoms with van der Waals surface area (Å²) in [6, 6.07) is 0. The maximum absolute atomic E-state index is 10.9. The number of carboxylic acids is 1. The van der Waals surface area contributed by atoms with Gasteiger partial charge in [-0.05, 0) is 20.3 Å². The largest absolute Gasteiger partial charge is 0.478 e. The smallest absolute Gasteiger partial charge is 0.333 e. The molecule has 9 nitrogen and oxygen atoms in total. The molecule has 0 amide bonds. The van der Waals surface area contributed by atoms with Crippen LogP contribution in [-0.4, -0.2) is 78.2 Å². The van der Waals surface area contributed by atoms with Crippen molar-refractivity contribution < 1.29 is 39.5 Å². The highest BCUT2D eigenvalue weighted by molar-refractivity contribution is 5.86. The Hall–Kier alpha value is -1.78. The van der Waals surface area contributed by atoms with Crippen molar-refractivity contribution in [1.82, 2.24) is 5.32 Å². The first-order valence-corrected chi connectivity index (χ1v) is 8.98. The lowest BCUT2D eigenvalue weighted by Crippen LogP contribution is -2.32. The summed E-state index contributed by atoms with van der Waals surface area (Å²) in [7, 11) is 0. The van der Waals surface area contributed by atoms with E-state index in [2.05, 4.69) is 18.5 Å². The van der Waals surface area contributed by atoms with Crippen molar-refractivity contribution in [3.63, 3.8) is 0 Å². The summed E-state index contributed by atoms with van der Waals surface area (Å²) in [5.74, 6) is -1.27. The van der Waals surface area contributed by atoms with Gasteiger partial charge in [-0.15, -0.1) is 0 Å². The molecule has 0 aromatic carbocycles. The maximum Gasteiger partial charge on any atom is 0.333 e. The number of esters is 1. The van der Waals surface area contributed by atoms with E-state index >= 15 is 0 Å². The van der Waals surface area contributed by atoms with E-state index in [1.54, 1.807) is 6.92 Å². The van der Waals surface area contributed by atoms with Gasteiger partial charge >= 0.3 is 11.9 Å². The van der Waals surface area contributed by atoms with Gasteiger partial charge < -0.3 is 29.9 Å². The van der Waals surface area contributed by atoms with Crippen LogP contribution >= 0.6 is 0 Å². The SMILES string of the molecule is C=C(C)C(=O)O.C=C(C)C(=O)OCCC1NCCO1.CCC(CO)(CO)CO. The number of hydrogen-bond acceptors (Lipinski definition) is 8. The minimum absolute atomic E-state index is 0.0397. The average Bonchev–Trinajstić information content (AvgIpc) is 3.18. The molecular weight excluding hydrogens is 370 g/mol. The second-order valence-corrected chi connectivity index (χ2v) is 6.43. The van der Waals surface area contributed by atoms with Crippen molar-refractivity contribution in [2.45, 2.75) is 39.8 Å². The van der Waals surface area contributed by atoms with Gasteiger partial charge in [-0.25, -0.2) is 9.59 Å². The molecule has 0 bridgehead atoms. The van der Waals surface area contributed by atoms with Crippen LogP contribution in [0.25, 0.3) is 0 Å². The number of nitrogens with one attached hydrogen (secondary N) is 1. The van der Waals surface area contributed by atoms with Gasteiger partial charge in [0.15, 0.2) is 0 Å². The summed E-state index contributed by atoms with van der Waals surface area (Å²) in [4.78, 5) is 20.5. The second-order valence-electron chi connectivity index (χ2n) is 6.43. The zero-order valence-electron chi connectivity index (χ0n) is 17.1. The van der Waals surface area contributed by atoms with Crippen LogP contribution in [0.15, 0.2) is 24.3 Å². The monoisotopic (exact) mass is 405 g/mol. The van der Waals surface area contributed by atoms with Gasteiger partial charge in [-0.1, -0.05) is 20.1 Å². The number of rotatable bonds is 9. The number of carbonyl (C=O) groups excluding carboxylic acids is 1. The third-order valence-electron chi connectivity index (χ3n) is 3.88. The molecule has 164 valence electrons. The zero-order valence-corrected chi connectivity index (χ0v) is 17.1. The first-order valence-electron chi connectivity index (χ1n) is 8.98. The van der Waals surface area contributed by atoms with Gasteiger partial charge in [0.1, 0.15) is 6.23 Å². The Labute approximate surface area is 166 Å². The lowest BCUT2D eigenvalue weighted by molar-refractivity contribution is -0.139.